The predicted octanol–water partition coefficient (Wildman–Crippen LogP) is 9.04. The molecule has 4 amide bonds. The van der Waals surface area contributed by atoms with E-state index in [2.05, 4.69) is 9.88 Å². The van der Waals surface area contributed by atoms with Crippen LogP contribution in [0.3, 0.4) is 0 Å². The predicted molar refractivity (Wildman–Crippen MR) is 261 cm³/mol. The molecular weight excluding hydrogens is 903 g/mol. The average Bonchev–Trinajstić information content (AvgIpc) is 3.89. The second-order valence-corrected chi connectivity index (χ2v) is 19.3. The van der Waals surface area contributed by atoms with Crippen molar-refractivity contribution in [1.29, 1.82) is 0 Å². The van der Waals surface area contributed by atoms with E-state index >= 15 is 0 Å². The standard InChI is InChI=1S/C53H58ClFN6O8/c1-31-46(32(2)59(7)57-31)47-40(54)22-21-37-36(16-13-27-67-42-17-11-14-33-28-34(55)19-20-35(33)42)49(52(66)69-53(3,4)5)60(48(37)47)26-10-8-9-25-58(6)45(63)30-68-43-18-12-15-38-39(43)29-61(51(38)65)41-23-24-44(62)56-50(41)64/h11-12,14-15,17-22,28,41H,8-10,13,16,23-27,29-30H2,1-7H3,(H,56,62,64). The summed E-state index contributed by atoms with van der Waals surface area (Å²) in [6, 6.07) is 18.3. The molecule has 1 atom stereocenters. The number of hydrogen-bond donors (Lipinski definition) is 1. The van der Waals surface area contributed by atoms with Gasteiger partial charge in [0.05, 0.1) is 29.4 Å². The van der Waals surface area contributed by atoms with Gasteiger partial charge in [-0.1, -0.05) is 35.9 Å². The Bertz CT molecular complexity index is 3010. The number of amides is 4. The number of benzene rings is 4. The molecule has 2 aliphatic heterocycles. The van der Waals surface area contributed by atoms with Gasteiger partial charge in [0.25, 0.3) is 11.8 Å². The van der Waals surface area contributed by atoms with Crippen LogP contribution in [0.25, 0.3) is 32.8 Å². The summed E-state index contributed by atoms with van der Waals surface area (Å²) in [5, 5.41) is 10.00. The third-order valence-corrected chi connectivity index (χ3v) is 13.3. The molecule has 1 fully saturated rings. The second kappa shape index (κ2) is 20.1. The van der Waals surface area contributed by atoms with Crippen LogP contribution in [-0.2, 0) is 45.7 Å². The van der Waals surface area contributed by atoms with Crippen LogP contribution in [0, 0.1) is 19.7 Å². The summed E-state index contributed by atoms with van der Waals surface area (Å²) in [5.41, 5.74) is 5.71. The zero-order valence-electron chi connectivity index (χ0n) is 40.2. The first kappa shape index (κ1) is 48.7. The molecular formula is C53H58ClFN6O8. The Balaban J connectivity index is 0.988. The number of nitrogens with one attached hydrogen (secondary N) is 1. The van der Waals surface area contributed by atoms with Crippen LogP contribution >= 0.6 is 11.6 Å². The lowest BCUT2D eigenvalue weighted by Gasteiger charge is -2.29. The van der Waals surface area contributed by atoms with E-state index in [0.717, 1.165) is 56.2 Å². The van der Waals surface area contributed by atoms with Crippen molar-refractivity contribution in [2.45, 2.75) is 104 Å². The molecule has 2 aromatic heterocycles. The molecule has 0 bridgehead atoms. The van der Waals surface area contributed by atoms with Crippen molar-refractivity contribution in [2.24, 2.45) is 7.05 Å². The highest BCUT2D eigenvalue weighted by Crippen LogP contribution is 2.43. The van der Waals surface area contributed by atoms with Crippen LogP contribution in [0.5, 0.6) is 11.5 Å². The van der Waals surface area contributed by atoms with Crippen LogP contribution in [-0.4, -0.2) is 92.2 Å². The van der Waals surface area contributed by atoms with Gasteiger partial charge < -0.3 is 28.6 Å². The van der Waals surface area contributed by atoms with Gasteiger partial charge >= 0.3 is 5.97 Å². The molecule has 8 rings (SSSR count). The maximum atomic E-state index is 14.5. The van der Waals surface area contributed by atoms with E-state index in [4.69, 9.17) is 30.9 Å². The molecule has 0 spiro atoms. The van der Waals surface area contributed by atoms with Gasteiger partial charge in [-0.2, -0.15) is 5.10 Å². The Morgan fingerprint density at radius 1 is 0.928 bits per heavy atom. The highest BCUT2D eigenvalue weighted by molar-refractivity contribution is 6.35. The summed E-state index contributed by atoms with van der Waals surface area (Å²) in [4.78, 5) is 68.6. The number of likely N-dealkylation sites (N-methyl/N-ethyl adjacent to an activating group) is 1. The first-order valence-electron chi connectivity index (χ1n) is 23.4. The van der Waals surface area contributed by atoms with Crippen LogP contribution < -0.4 is 14.8 Å². The number of rotatable bonds is 17. The molecule has 14 nitrogen and oxygen atoms in total. The van der Waals surface area contributed by atoms with Gasteiger partial charge in [0.2, 0.25) is 11.8 Å². The van der Waals surface area contributed by atoms with Gasteiger partial charge in [0.1, 0.15) is 34.7 Å². The first-order chi connectivity index (χ1) is 32.9. The van der Waals surface area contributed by atoms with Crippen molar-refractivity contribution in [3.63, 3.8) is 0 Å². The third-order valence-electron chi connectivity index (χ3n) is 13.0. The van der Waals surface area contributed by atoms with E-state index in [1.165, 1.54) is 17.0 Å². The zero-order chi connectivity index (χ0) is 49.3. The Morgan fingerprint density at radius 3 is 2.42 bits per heavy atom. The van der Waals surface area contributed by atoms with Crippen molar-refractivity contribution in [3.8, 4) is 22.6 Å². The number of esters is 1. The van der Waals surface area contributed by atoms with Gasteiger partial charge in [0, 0.05) is 72.3 Å². The lowest BCUT2D eigenvalue weighted by molar-refractivity contribution is -0.137. The van der Waals surface area contributed by atoms with Gasteiger partial charge in [-0.15, -0.1) is 0 Å². The SMILES string of the molecule is Cc1nn(C)c(C)c1-c1c(Cl)ccc2c(CCCOc3cccc4cc(F)ccc34)c(C(=O)OC(C)(C)C)n(CCCCCN(C)C(=O)COc3cccc4c3CN(C3CCC(=O)NC3=O)C4=O)c12. The summed E-state index contributed by atoms with van der Waals surface area (Å²) in [5.74, 6) is -1.15. The number of carbonyl (C=O) groups is 5. The third kappa shape index (κ3) is 10.2. The number of hydrogen-bond acceptors (Lipinski definition) is 9. The zero-order valence-corrected chi connectivity index (χ0v) is 40.9. The van der Waals surface area contributed by atoms with Crippen LogP contribution in [0.1, 0.15) is 103 Å². The second-order valence-electron chi connectivity index (χ2n) is 18.9. The topological polar surface area (TPSA) is 154 Å². The smallest absolute Gasteiger partial charge is 0.355 e. The lowest BCUT2D eigenvalue weighted by atomic mass is 9.98. The van der Waals surface area contributed by atoms with Crippen molar-refractivity contribution in [3.05, 3.63) is 111 Å². The fourth-order valence-electron chi connectivity index (χ4n) is 9.55. The Hall–Kier alpha value is -6.74. The quantitative estimate of drug-likeness (QED) is 0.0536. The van der Waals surface area contributed by atoms with E-state index in [0.29, 0.717) is 78.7 Å². The number of unbranched alkanes of at least 4 members (excludes halogenated alkanes) is 2. The molecule has 1 unspecified atom stereocenters. The number of fused-ring (bicyclic) bond motifs is 3. The Labute approximate surface area is 405 Å². The largest absolute Gasteiger partial charge is 0.493 e. The number of imide groups is 1. The van der Waals surface area contributed by atoms with E-state index in [1.54, 1.807) is 36.2 Å². The lowest BCUT2D eigenvalue weighted by Crippen LogP contribution is -2.52. The van der Waals surface area contributed by atoms with E-state index in [9.17, 15) is 28.4 Å². The van der Waals surface area contributed by atoms with Crippen molar-refractivity contribution in [1.82, 2.24) is 29.5 Å². The maximum Gasteiger partial charge on any atom is 0.355 e. The summed E-state index contributed by atoms with van der Waals surface area (Å²) in [6.45, 7) is 10.6. The Morgan fingerprint density at radius 2 is 1.68 bits per heavy atom. The van der Waals surface area contributed by atoms with E-state index in [-0.39, 0.29) is 49.5 Å². The minimum atomic E-state index is -0.779. The van der Waals surface area contributed by atoms with Gasteiger partial charge in [-0.05, 0) is 127 Å². The number of piperidine rings is 1. The average molecular weight is 962 g/mol. The highest BCUT2D eigenvalue weighted by Gasteiger charge is 2.40. The monoisotopic (exact) mass is 960 g/mol. The Kier molecular flexibility index (Phi) is 14.2. The van der Waals surface area contributed by atoms with Crippen molar-refractivity contribution in [2.75, 3.05) is 26.8 Å². The van der Waals surface area contributed by atoms with Crippen molar-refractivity contribution >= 4 is 62.9 Å². The van der Waals surface area contributed by atoms with E-state index in [1.807, 2.05) is 76.7 Å². The fraction of sp³-hybridized carbons (Fsp3) is 0.396. The molecule has 2 aliphatic rings. The molecule has 16 heteroatoms. The molecule has 1 saturated heterocycles. The minimum absolute atomic E-state index is 0.133. The molecule has 1 N–H and O–H groups in total. The van der Waals surface area contributed by atoms with Crippen LogP contribution in [0.2, 0.25) is 5.02 Å². The van der Waals surface area contributed by atoms with Crippen LogP contribution in [0.4, 0.5) is 4.39 Å². The van der Waals surface area contributed by atoms with Crippen molar-refractivity contribution < 1.29 is 42.6 Å². The maximum absolute atomic E-state index is 14.5. The number of nitrogens with zero attached hydrogens (tertiary/aromatic N) is 5. The molecule has 0 saturated carbocycles. The molecule has 4 heterocycles. The van der Waals surface area contributed by atoms with Gasteiger partial charge in [-0.25, -0.2) is 9.18 Å². The summed E-state index contributed by atoms with van der Waals surface area (Å²) in [6.07, 6.45) is 3.48. The minimum Gasteiger partial charge on any atom is -0.493 e. The number of aryl methyl sites for hydroxylation is 4. The summed E-state index contributed by atoms with van der Waals surface area (Å²) >= 11 is 7.16. The molecule has 69 heavy (non-hydrogen) atoms. The summed E-state index contributed by atoms with van der Waals surface area (Å²) in [7, 11) is 3.61. The summed E-state index contributed by atoms with van der Waals surface area (Å²) < 4.78 is 36.3. The molecule has 0 radical (unpaired) electrons. The highest BCUT2D eigenvalue weighted by atomic mass is 35.5. The van der Waals surface area contributed by atoms with E-state index < -0.39 is 23.5 Å². The van der Waals surface area contributed by atoms with Gasteiger partial charge in [0.15, 0.2) is 6.61 Å². The van der Waals surface area contributed by atoms with Crippen LogP contribution in [0.15, 0.2) is 66.7 Å². The molecule has 362 valence electrons. The fourth-order valence-corrected chi connectivity index (χ4v) is 9.79. The van der Waals surface area contributed by atoms with Gasteiger partial charge in [-0.3, -0.25) is 29.2 Å². The number of ether oxygens (including phenoxy) is 3. The number of carbonyl (C=O) groups excluding carboxylic acids is 5. The molecule has 4 aromatic carbocycles. The number of halogens is 2. The first-order valence-corrected chi connectivity index (χ1v) is 23.8. The molecule has 0 aliphatic carbocycles. The molecule has 6 aromatic rings. The number of aromatic nitrogens is 3. The normalized spacial score (nSPS) is 14.9.